The van der Waals surface area contributed by atoms with Crippen LogP contribution in [0.25, 0.3) is 0 Å². The van der Waals surface area contributed by atoms with Gasteiger partial charge in [0.05, 0.1) is 23.4 Å². The number of hydrogen-bond acceptors (Lipinski definition) is 4. The Morgan fingerprint density at radius 2 is 1.07 bits per heavy atom. The van der Waals surface area contributed by atoms with Gasteiger partial charge in [-0.1, -0.05) is 98.6 Å². The van der Waals surface area contributed by atoms with Crippen LogP contribution in [0.3, 0.4) is 0 Å². The second-order valence-electron chi connectivity index (χ2n) is 16.5. The van der Waals surface area contributed by atoms with Crippen LogP contribution >= 0.6 is 0 Å². The van der Waals surface area contributed by atoms with Gasteiger partial charge in [-0.15, -0.1) is 0 Å². The maximum atomic E-state index is 10.3. The Kier molecular flexibility index (Phi) is 10.2. The summed E-state index contributed by atoms with van der Waals surface area (Å²) in [4.78, 5) is 0. The van der Waals surface area contributed by atoms with Crippen LogP contribution in [0.5, 0.6) is 0 Å². The Labute approximate surface area is 269 Å². The van der Waals surface area contributed by atoms with E-state index in [2.05, 4.69) is 118 Å². The highest BCUT2D eigenvalue weighted by atomic mass is 16.6. The Balaban J connectivity index is 1.16. The van der Waals surface area contributed by atoms with Gasteiger partial charge in [0.2, 0.25) is 0 Å². The van der Waals surface area contributed by atoms with E-state index in [4.69, 9.17) is 9.47 Å². The van der Waals surface area contributed by atoms with Gasteiger partial charge in [0, 0.05) is 12.8 Å². The predicted molar refractivity (Wildman–Crippen MR) is 183 cm³/mol. The van der Waals surface area contributed by atoms with Gasteiger partial charge >= 0.3 is 0 Å². The molecule has 0 aromatic rings. The normalized spacial score (nSPS) is 38.6. The van der Waals surface area contributed by atoms with Crippen LogP contribution in [-0.4, -0.2) is 44.8 Å². The van der Waals surface area contributed by atoms with E-state index in [0.717, 1.165) is 64.2 Å². The fourth-order valence-corrected chi connectivity index (χ4v) is 9.11. The summed E-state index contributed by atoms with van der Waals surface area (Å²) in [5.74, 6) is 0. The fourth-order valence-electron chi connectivity index (χ4n) is 9.11. The number of ether oxygens (including phenoxy) is 2. The quantitative estimate of drug-likeness (QED) is 0.124. The summed E-state index contributed by atoms with van der Waals surface area (Å²) in [6.45, 7) is 22.2. The zero-order chi connectivity index (χ0) is 32.6. The molecule has 2 aliphatic carbocycles. The molecule has 0 spiro atoms. The maximum Gasteiger partial charge on any atom is 0.103 e. The Bertz CT molecular complexity index is 1240. The molecule has 4 nitrogen and oxygen atoms in total. The zero-order valence-electron chi connectivity index (χ0n) is 29.6. The molecule has 6 atom stereocenters. The molecule has 0 amide bonds. The van der Waals surface area contributed by atoms with Crippen molar-refractivity contribution < 1.29 is 19.7 Å². The molecule has 4 heteroatoms. The van der Waals surface area contributed by atoms with Crippen molar-refractivity contribution in [1.82, 2.24) is 0 Å². The van der Waals surface area contributed by atoms with E-state index in [-0.39, 0.29) is 45.4 Å². The van der Waals surface area contributed by atoms with Gasteiger partial charge in [0.1, 0.15) is 11.2 Å². The third-order valence-corrected chi connectivity index (χ3v) is 11.7. The van der Waals surface area contributed by atoms with Crippen molar-refractivity contribution in [2.45, 2.75) is 168 Å². The van der Waals surface area contributed by atoms with E-state index in [1.807, 2.05) is 0 Å². The molecule has 4 aliphatic rings. The van der Waals surface area contributed by atoms with Crippen molar-refractivity contribution in [2.75, 3.05) is 0 Å². The van der Waals surface area contributed by atoms with Crippen molar-refractivity contribution in [3.8, 4) is 0 Å². The molecule has 2 aliphatic heterocycles. The molecule has 0 aromatic heterocycles. The highest BCUT2D eigenvalue weighted by Gasteiger charge is 2.76. The lowest BCUT2D eigenvalue weighted by Gasteiger charge is -2.40. The molecule has 0 aromatic carbocycles. The molecular formula is C40H62O4. The van der Waals surface area contributed by atoms with E-state index in [1.54, 1.807) is 0 Å². The van der Waals surface area contributed by atoms with Crippen LogP contribution in [0, 0.1) is 10.8 Å². The van der Waals surface area contributed by atoms with Gasteiger partial charge in [-0.05, 0) is 104 Å². The predicted octanol–water partition coefficient (Wildman–Crippen LogP) is 9.64. The topological polar surface area (TPSA) is 65.5 Å². The molecule has 2 saturated heterocycles. The first kappa shape index (κ1) is 35.1. The first-order valence-electron chi connectivity index (χ1n) is 17.2. The van der Waals surface area contributed by atoms with Crippen LogP contribution in [0.1, 0.15) is 133 Å². The maximum absolute atomic E-state index is 10.3. The summed E-state index contributed by atoms with van der Waals surface area (Å²) >= 11 is 0. The van der Waals surface area contributed by atoms with E-state index in [9.17, 15) is 10.2 Å². The first-order chi connectivity index (χ1) is 20.4. The van der Waals surface area contributed by atoms with Gasteiger partial charge in [0.15, 0.2) is 0 Å². The van der Waals surface area contributed by atoms with Crippen LogP contribution in [0.15, 0.2) is 70.9 Å². The molecule has 246 valence electrons. The molecule has 4 fully saturated rings. The van der Waals surface area contributed by atoms with Crippen molar-refractivity contribution in [3.05, 3.63) is 70.9 Å². The smallest absolute Gasteiger partial charge is 0.103 e. The molecule has 2 saturated carbocycles. The van der Waals surface area contributed by atoms with Gasteiger partial charge in [0.25, 0.3) is 0 Å². The van der Waals surface area contributed by atoms with Crippen molar-refractivity contribution in [1.29, 1.82) is 0 Å². The Hall–Kier alpha value is -1.72. The summed E-state index contributed by atoms with van der Waals surface area (Å²) in [6.07, 6.45) is 26.5. The third-order valence-electron chi connectivity index (χ3n) is 11.7. The van der Waals surface area contributed by atoms with Gasteiger partial charge in [-0.3, -0.25) is 0 Å². The summed E-state index contributed by atoms with van der Waals surface area (Å²) < 4.78 is 12.7. The molecule has 0 bridgehead atoms. The molecule has 4 rings (SSSR count). The first-order valence-corrected chi connectivity index (χ1v) is 17.2. The lowest BCUT2D eigenvalue weighted by molar-refractivity contribution is 0.0315. The molecule has 2 heterocycles. The van der Waals surface area contributed by atoms with Crippen LogP contribution in [0.2, 0.25) is 0 Å². The highest BCUT2D eigenvalue weighted by Crippen LogP contribution is 2.68. The van der Waals surface area contributed by atoms with Crippen molar-refractivity contribution in [2.24, 2.45) is 10.8 Å². The summed E-state index contributed by atoms with van der Waals surface area (Å²) in [5, 5.41) is 20.6. The number of aliphatic hydroxyl groups excluding tert-OH is 2. The van der Waals surface area contributed by atoms with Gasteiger partial charge < -0.3 is 19.7 Å². The number of hydrogen-bond donors (Lipinski definition) is 2. The van der Waals surface area contributed by atoms with E-state index >= 15 is 0 Å². The number of allylic oxidation sites excluding steroid dienone is 12. The average Bonchev–Trinajstić information content (AvgIpc) is 3.73. The molecular weight excluding hydrogens is 544 g/mol. The van der Waals surface area contributed by atoms with E-state index in [1.165, 1.54) is 22.3 Å². The Morgan fingerprint density at radius 3 is 1.59 bits per heavy atom. The minimum absolute atomic E-state index is 0.00330. The fraction of sp³-hybridized carbons (Fsp3) is 0.700. The molecule has 2 N–H and O–H groups in total. The molecule has 44 heavy (non-hydrogen) atoms. The van der Waals surface area contributed by atoms with Crippen LogP contribution in [0.4, 0.5) is 0 Å². The SMILES string of the molecule is CC(/C=C/C=C(\C)CC[C@@]12O[C@]1(C)C[C@@H](O)CC2(C)C)=C\C=C\C=C(/C)CC/C=C(\C)CC[C@@]12O[C@]1(C)C[C@@H](O)CC2(C)C. The summed E-state index contributed by atoms with van der Waals surface area (Å²) in [6, 6.07) is 0. The standard InChI is InChI=1S/C40H62O4/c1-29(17-13-19-31(3)21-23-39-35(5,6)25-33(41)27-37(39,9)43-39)15-11-12-16-30(2)18-14-20-32(4)22-24-40-36(7,8)26-34(42)28-38(40,10)44-40/h11-13,15-17,19-20,33-34,41-42H,14,18,21-28H2,1-10H3/b12-11+,17-13+,29-15+,30-16+,31-19+,32-20+/t33-,34-,37+,38+,39-,40-/m0/s1. The number of fused-ring (bicyclic) bond motifs is 2. The lowest BCUT2D eigenvalue weighted by Crippen LogP contribution is -2.47. The van der Waals surface area contributed by atoms with Gasteiger partial charge in [-0.25, -0.2) is 0 Å². The average molecular weight is 607 g/mol. The number of aliphatic hydroxyl groups is 2. The van der Waals surface area contributed by atoms with Crippen LogP contribution < -0.4 is 0 Å². The third kappa shape index (κ3) is 7.14. The summed E-state index contributed by atoms with van der Waals surface area (Å²) in [5.41, 5.74) is 4.88. The monoisotopic (exact) mass is 606 g/mol. The molecule has 0 radical (unpaired) electrons. The van der Waals surface area contributed by atoms with E-state index < -0.39 is 0 Å². The lowest BCUT2D eigenvalue weighted by atomic mass is 9.61. The van der Waals surface area contributed by atoms with Crippen molar-refractivity contribution in [3.63, 3.8) is 0 Å². The number of epoxide rings is 2. The Morgan fingerprint density at radius 1 is 0.614 bits per heavy atom. The van der Waals surface area contributed by atoms with Gasteiger partial charge in [-0.2, -0.15) is 0 Å². The number of rotatable bonds is 13. The summed E-state index contributed by atoms with van der Waals surface area (Å²) in [7, 11) is 0. The van der Waals surface area contributed by atoms with Crippen molar-refractivity contribution >= 4 is 0 Å². The molecule has 0 unspecified atom stereocenters. The minimum atomic E-state index is -0.253. The zero-order valence-corrected chi connectivity index (χ0v) is 29.6. The minimum Gasteiger partial charge on any atom is -0.393 e. The second-order valence-corrected chi connectivity index (χ2v) is 16.5. The van der Waals surface area contributed by atoms with Crippen LogP contribution in [-0.2, 0) is 9.47 Å². The largest absolute Gasteiger partial charge is 0.393 e. The van der Waals surface area contributed by atoms with E-state index in [0.29, 0.717) is 0 Å². The highest BCUT2D eigenvalue weighted by molar-refractivity contribution is 5.29. The second kappa shape index (κ2) is 12.8.